The van der Waals surface area contributed by atoms with Gasteiger partial charge in [0.2, 0.25) is 11.8 Å². The zero-order chi connectivity index (χ0) is 17.9. The van der Waals surface area contributed by atoms with E-state index in [9.17, 15) is 9.59 Å². The largest absolute Gasteiger partial charge is 0.357 e. The van der Waals surface area contributed by atoms with Crippen LogP contribution in [-0.2, 0) is 9.59 Å². The van der Waals surface area contributed by atoms with Crippen LogP contribution in [0.3, 0.4) is 0 Å². The van der Waals surface area contributed by atoms with Gasteiger partial charge in [-0.15, -0.1) is 0 Å². The highest BCUT2D eigenvalue weighted by atomic mass is 16.2. The molecule has 0 spiro atoms. The number of rotatable bonds is 4. The van der Waals surface area contributed by atoms with E-state index in [0.717, 1.165) is 31.7 Å². The molecule has 3 fully saturated rings. The molecule has 3 heterocycles. The molecule has 2 saturated heterocycles. The topological polar surface area (TPSA) is 65.5 Å². The summed E-state index contributed by atoms with van der Waals surface area (Å²) in [4.78, 5) is 33.6. The average molecular weight is 356 g/mol. The van der Waals surface area contributed by atoms with Crippen LogP contribution in [0.15, 0.2) is 18.3 Å². The lowest BCUT2D eigenvalue weighted by Crippen LogP contribution is -2.35. The van der Waals surface area contributed by atoms with Crippen molar-refractivity contribution >= 4 is 23.3 Å². The summed E-state index contributed by atoms with van der Waals surface area (Å²) in [5, 5.41) is 2.95. The number of hydrogen-bond acceptors (Lipinski definition) is 4. The molecule has 0 aromatic carbocycles. The van der Waals surface area contributed by atoms with Gasteiger partial charge in [0.05, 0.1) is 17.8 Å². The fraction of sp³-hybridized carbons (Fsp3) is 0.650. The van der Waals surface area contributed by atoms with E-state index in [-0.39, 0.29) is 17.7 Å². The summed E-state index contributed by atoms with van der Waals surface area (Å²) in [5.41, 5.74) is 0.711. The molecule has 3 aliphatic rings. The summed E-state index contributed by atoms with van der Waals surface area (Å²) in [5.74, 6) is 0.804. The highest BCUT2D eigenvalue weighted by Crippen LogP contribution is 2.30. The highest BCUT2D eigenvalue weighted by Gasteiger charge is 2.38. The number of carbonyl (C=O) groups is 2. The minimum atomic E-state index is -0.245. The molecule has 26 heavy (non-hydrogen) atoms. The predicted octanol–water partition coefficient (Wildman–Crippen LogP) is 2.80. The Bertz CT molecular complexity index is 648. The molecule has 0 radical (unpaired) electrons. The number of nitrogens with one attached hydrogen (secondary N) is 1. The van der Waals surface area contributed by atoms with E-state index >= 15 is 0 Å². The van der Waals surface area contributed by atoms with Crippen molar-refractivity contribution < 1.29 is 9.59 Å². The Morgan fingerprint density at radius 3 is 2.54 bits per heavy atom. The molecule has 140 valence electrons. The van der Waals surface area contributed by atoms with E-state index < -0.39 is 0 Å². The molecule has 1 aromatic rings. The second-order valence-corrected chi connectivity index (χ2v) is 7.83. The lowest BCUT2D eigenvalue weighted by Gasteiger charge is -2.27. The van der Waals surface area contributed by atoms with E-state index in [1.54, 1.807) is 6.20 Å². The monoisotopic (exact) mass is 356 g/mol. The number of piperidine rings is 1. The third-order valence-electron chi connectivity index (χ3n) is 5.99. The number of likely N-dealkylation sites (tertiary alicyclic amines) is 1. The maximum absolute atomic E-state index is 12.6. The van der Waals surface area contributed by atoms with Crippen LogP contribution in [0.5, 0.6) is 0 Å². The first-order valence-electron chi connectivity index (χ1n) is 10.0. The average Bonchev–Trinajstić information content (AvgIpc) is 3.32. The predicted molar refractivity (Wildman–Crippen MR) is 101 cm³/mol. The molecular formula is C20H28N4O2. The molecular weight excluding hydrogens is 328 g/mol. The van der Waals surface area contributed by atoms with Crippen molar-refractivity contribution in [3.8, 4) is 0 Å². The molecule has 1 unspecified atom stereocenters. The standard InChI is InChI=1S/C20H28N4O2/c25-19-12-15(14-24(19)17-6-2-3-7-17)20(26)22-16-8-9-18(21-13-16)23-10-4-1-5-11-23/h8-9,13,15,17H,1-7,10-12,14H2,(H,22,26). The lowest BCUT2D eigenvalue weighted by atomic mass is 10.1. The number of carbonyl (C=O) groups excluding carboxylic acids is 2. The molecule has 0 bridgehead atoms. The van der Waals surface area contributed by atoms with Gasteiger partial charge in [-0.05, 0) is 44.2 Å². The number of aromatic nitrogens is 1. The molecule has 2 aliphatic heterocycles. The van der Waals surface area contributed by atoms with E-state index in [2.05, 4.69) is 15.2 Å². The smallest absolute Gasteiger partial charge is 0.229 e. The molecule has 1 aliphatic carbocycles. The Kier molecular flexibility index (Phi) is 5.09. The van der Waals surface area contributed by atoms with Crippen molar-refractivity contribution in [2.75, 3.05) is 29.9 Å². The Balaban J connectivity index is 1.33. The molecule has 6 nitrogen and oxygen atoms in total. The third kappa shape index (κ3) is 3.69. The normalized spacial score (nSPS) is 24.3. The summed E-state index contributed by atoms with van der Waals surface area (Å²) in [6.45, 7) is 2.68. The number of nitrogens with zero attached hydrogens (tertiary/aromatic N) is 3. The highest BCUT2D eigenvalue weighted by molar-refractivity contribution is 5.97. The van der Waals surface area contributed by atoms with Gasteiger partial charge in [-0.3, -0.25) is 9.59 Å². The zero-order valence-electron chi connectivity index (χ0n) is 15.3. The second kappa shape index (κ2) is 7.64. The minimum Gasteiger partial charge on any atom is -0.357 e. The van der Waals surface area contributed by atoms with Crippen molar-refractivity contribution in [2.24, 2.45) is 5.92 Å². The van der Waals surface area contributed by atoms with Crippen LogP contribution >= 0.6 is 0 Å². The minimum absolute atomic E-state index is 0.0635. The first kappa shape index (κ1) is 17.3. The summed E-state index contributed by atoms with van der Waals surface area (Å²) in [7, 11) is 0. The van der Waals surface area contributed by atoms with Gasteiger partial charge < -0.3 is 15.1 Å². The van der Waals surface area contributed by atoms with Crippen LogP contribution < -0.4 is 10.2 Å². The lowest BCUT2D eigenvalue weighted by molar-refractivity contribution is -0.129. The Hall–Kier alpha value is -2.11. The van der Waals surface area contributed by atoms with Gasteiger partial charge in [-0.2, -0.15) is 0 Å². The van der Waals surface area contributed by atoms with E-state index in [1.165, 1.54) is 32.1 Å². The van der Waals surface area contributed by atoms with Crippen molar-refractivity contribution in [1.29, 1.82) is 0 Å². The SMILES string of the molecule is O=C(Nc1ccc(N2CCCCC2)nc1)C1CC(=O)N(C2CCCC2)C1. The first-order chi connectivity index (χ1) is 12.7. The fourth-order valence-corrected chi connectivity index (χ4v) is 4.49. The number of amides is 2. The van der Waals surface area contributed by atoms with Gasteiger partial charge in [0.15, 0.2) is 0 Å². The number of pyridine rings is 1. The van der Waals surface area contributed by atoms with Crippen molar-refractivity contribution in [2.45, 2.75) is 57.4 Å². The van der Waals surface area contributed by atoms with Gasteiger partial charge in [-0.25, -0.2) is 4.98 Å². The summed E-state index contributed by atoms with van der Waals surface area (Å²) in [6.07, 6.45) is 10.4. The van der Waals surface area contributed by atoms with Gasteiger partial charge >= 0.3 is 0 Å². The van der Waals surface area contributed by atoms with E-state index in [4.69, 9.17) is 0 Å². The summed E-state index contributed by atoms with van der Waals surface area (Å²) >= 11 is 0. The summed E-state index contributed by atoms with van der Waals surface area (Å²) in [6, 6.07) is 4.25. The van der Waals surface area contributed by atoms with Crippen LogP contribution in [-0.4, -0.2) is 47.4 Å². The van der Waals surface area contributed by atoms with E-state index in [0.29, 0.717) is 24.7 Å². The van der Waals surface area contributed by atoms with Gasteiger partial charge in [0.25, 0.3) is 0 Å². The molecule has 1 N–H and O–H groups in total. The zero-order valence-corrected chi connectivity index (χ0v) is 15.3. The van der Waals surface area contributed by atoms with Crippen LogP contribution in [0.2, 0.25) is 0 Å². The quantitative estimate of drug-likeness (QED) is 0.901. The first-order valence-corrected chi connectivity index (χ1v) is 10.0. The van der Waals surface area contributed by atoms with Gasteiger partial charge in [-0.1, -0.05) is 12.8 Å². The molecule has 1 atom stereocenters. The van der Waals surface area contributed by atoms with Gasteiger partial charge in [0, 0.05) is 32.1 Å². The van der Waals surface area contributed by atoms with Crippen molar-refractivity contribution in [1.82, 2.24) is 9.88 Å². The third-order valence-corrected chi connectivity index (χ3v) is 5.99. The molecule has 1 aromatic heterocycles. The maximum atomic E-state index is 12.6. The molecule has 6 heteroatoms. The van der Waals surface area contributed by atoms with Crippen molar-refractivity contribution in [3.63, 3.8) is 0 Å². The molecule has 2 amide bonds. The van der Waals surface area contributed by atoms with Crippen LogP contribution in [0.4, 0.5) is 11.5 Å². The second-order valence-electron chi connectivity index (χ2n) is 7.83. The van der Waals surface area contributed by atoms with Gasteiger partial charge in [0.1, 0.15) is 5.82 Å². The summed E-state index contributed by atoms with van der Waals surface area (Å²) < 4.78 is 0. The fourth-order valence-electron chi connectivity index (χ4n) is 4.49. The number of anilines is 2. The van der Waals surface area contributed by atoms with Crippen LogP contribution in [0.1, 0.15) is 51.4 Å². The number of hydrogen-bond donors (Lipinski definition) is 1. The Morgan fingerprint density at radius 2 is 1.85 bits per heavy atom. The molecule has 1 saturated carbocycles. The maximum Gasteiger partial charge on any atom is 0.229 e. The van der Waals surface area contributed by atoms with Crippen molar-refractivity contribution in [3.05, 3.63) is 18.3 Å². The van der Waals surface area contributed by atoms with E-state index in [1.807, 2.05) is 17.0 Å². The molecule has 4 rings (SSSR count). The Morgan fingerprint density at radius 1 is 1.08 bits per heavy atom. The Labute approximate surface area is 155 Å². The van der Waals surface area contributed by atoms with Crippen LogP contribution in [0, 0.1) is 5.92 Å². The van der Waals surface area contributed by atoms with Crippen LogP contribution in [0.25, 0.3) is 0 Å².